The molecule has 2 rings (SSSR count). The maximum Gasteiger partial charge on any atom is 0.218 e. The predicted molar refractivity (Wildman–Crippen MR) is 106 cm³/mol. The molecule has 0 bridgehead atoms. The van der Waals surface area contributed by atoms with E-state index in [1.807, 2.05) is 6.92 Å². The van der Waals surface area contributed by atoms with Crippen LogP contribution >= 0.6 is 24.0 Å². The molecule has 146 valence electrons. The van der Waals surface area contributed by atoms with Crippen LogP contribution in [0.2, 0.25) is 5.02 Å². The van der Waals surface area contributed by atoms with Crippen molar-refractivity contribution in [2.24, 2.45) is 5.73 Å². The SMILES string of the molecule is CC[C@@H](N[C@H](C)CC(N)=O)c1ccc(Cl)c(C(=O)c2ccccn2)c1F.Cl. The number of hydrogen-bond acceptors (Lipinski definition) is 4. The standard InChI is InChI=1S/C19H21ClFN3O2.ClH/c1-3-14(24-11(2)10-16(22)25)12-7-8-13(20)17(18(12)21)19(26)15-6-4-5-9-23-15;/h4-9,11,14,24H,3,10H2,1-2H3,(H2,22,25);1H/t11-,14-;/m1./s1. The fraction of sp³-hybridized carbons (Fsp3) is 0.316. The molecule has 8 heteroatoms. The van der Waals surface area contributed by atoms with E-state index in [1.54, 1.807) is 25.1 Å². The number of benzene rings is 1. The molecule has 0 radical (unpaired) electrons. The summed E-state index contributed by atoms with van der Waals surface area (Å²) in [6.45, 7) is 3.67. The van der Waals surface area contributed by atoms with Gasteiger partial charge in [0.25, 0.3) is 0 Å². The van der Waals surface area contributed by atoms with Crippen LogP contribution < -0.4 is 11.1 Å². The summed E-state index contributed by atoms with van der Waals surface area (Å²) in [5.74, 6) is -1.70. The molecule has 0 fully saturated rings. The molecule has 0 aliphatic heterocycles. The topological polar surface area (TPSA) is 85.1 Å². The fourth-order valence-corrected chi connectivity index (χ4v) is 3.03. The summed E-state index contributed by atoms with van der Waals surface area (Å²) in [7, 11) is 0. The second-order valence-corrected chi connectivity index (χ2v) is 6.48. The third-order valence-corrected chi connectivity index (χ3v) is 4.34. The van der Waals surface area contributed by atoms with Gasteiger partial charge in [0.05, 0.1) is 10.6 Å². The highest BCUT2D eigenvalue weighted by molar-refractivity contribution is 6.35. The lowest BCUT2D eigenvalue weighted by Gasteiger charge is -2.23. The van der Waals surface area contributed by atoms with E-state index < -0.39 is 23.5 Å². The van der Waals surface area contributed by atoms with Gasteiger partial charge in [-0.3, -0.25) is 14.6 Å². The van der Waals surface area contributed by atoms with E-state index in [2.05, 4.69) is 10.3 Å². The van der Waals surface area contributed by atoms with E-state index in [9.17, 15) is 9.59 Å². The molecule has 3 N–H and O–H groups in total. The van der Waals surface area contributed by atoms with Gasteiger partial charge in [-0.15, -0.1) is 12.4 Å². The van der Waals surface area contributed by atoms with Crippen molar-refractivity contribution >= 4 is 35.7 Å². The largest absolute Gasteiger partial charge is 0.370 e. The van der Waals surface area contributed by atoms with Crippen molar-refractivity contribution in [2.75, 3.05) is 0 Å². The van der Waals surface area contributed by atoms with Gasteiger partial charge in [-0.1, -0.05) is 30.7 Å². The van der Waals surface area contributed by atoms with E-state index >= 15 is 4.39 Å². The zero-order valence-corrected chi connectivity index (χ0v) is 16.6. The smallest absolute Gasteiger partial charge is 0.218 e. The molecule has 1 heterocycles. The lowest BCUT2D eigenvalue weighted by atomic mass is 9.97. The van der Waals surface area contributed by atoms with Crippen LogP contribution in [-0.4, -0.2) is 22.7 Å². The van der Waals surface area contributed by atoms with Gasteiger partial charge in [0.2, 0.25) is 11.7 Å². The molecular formula is C19H22Cl2FN3O2. The first kappa shape index (κ1) is 23.0. The number of carbonyl (C=O) groups is 2. The Morgan fingerprint density at radius 1 is 1.30 bits per heavy atom. The van der Waals surface area contributed by atoms with Crippen LogP contribution in [0.1, 0.15) is 54.3 Å². The van der Waals surface area contributed by atoms with Gasteiger partial charge in [-0.05, 0) is 31.5 Å². The van der Waals surface area contributed by atoms with Crippen molar-refractivity contribution < 1.29 is 14.0 Å². The Kier molecular flexibility index (Phi) is 8.82. The third-order valence-electron chi connectivity index (χ3n) is 4.02. The minimum Gasteiger partial charge on any atom is -0.370 e. The number of amides is 1. The van der Waals surface area contributed by atoms with E-state index in [-0.39, 0.29) is 41.1 Å². The average Bonchev–Trinajstić information content (AvgIpc) is 2.60. The van der Waals surface area contributed by atoms with Gasteiger partial charge < -0.3 is 11.1 Å². The number of rotatable bonds is 8. The van der Waals surface area contributed by atoms with Crippen molar-refractivity contribution in [3.63, 3.8) is 0 Å². The Morgan fingerprint density at radius 3 is 2.56 bits per heavy atom. The van der Waals surface area contributed by atoms with Crippen molar-refractivity contribution in [3.05, 3.63) is 64.2 Å². The Hall–Kier alpha value is -2.02. The normalized spacial score (nSPS) is 12.7. The number of primary amides is 1. The predicted octanol–water partition coefficient (Wildman–Crippen LogP) is 3.83. The molecule has 27 heavy (non-hydrogen) atoms. The molecule has 2 atom stereocenters. The highest BCUT2D eigenvalue weighted by Crippen LogP contribution is 2.29. The van der Waals surface area contributed by atoms with Crippen LogP contribution in [0.5, 0.6) is 0 Å². The van der Waals surface area contributed by atoms with Crippen LogP contribution in [0.15, 0.2) is 36.5 Å². The minimum absolute atomic E-state index is 0. The van der Waals surface area contributed by atoms with Crippen LogP contribution in [0.4, 0.5) is 4.39 Å². The maximum absolute atomic E-state index is 15.2. The van der Waals surface area contributed by atoms with E-state index in [0.29, 0.717) is 12.0 Å². The molecule has 5 nitrogen and oxygen atoms in total. The van der Waals surface area contributed by atoms with Crippen LogP contribution in [0, 0.1) is 5.82 Å². The zero-order chi connectivity index (χ0) is 19.3. The van der Waals surface area contributed by atoms with Gasteiger partial charge in [0, 0.05) is 30.3 Å². The van der Waals surface area contributed by atoms with E-state index in [0.717, 1.165) is 0 Å². The fourth-order valence-electron chi connectivity index (χ4n) is 2.80. The summed E-state index contributed by atoms with van der Waals surface area (Å²) in [5, 5.41) is 3.20. The lowest BCUT2D eigenvalue weighted by Crippen LogP contribution is -2.34. The second kappa shape index (κ2) is 10.3. The summed E-state index contributed by atoms with van der Waals surface area (Å²) >= 11 is 6.10. The molecule has 0 saturated carbocycles. The van der Waals surface area contributed by atoms with Gasteiger partial charge in [0.1, 0.15) is 11.5 Å². The molecule has 1 aromatic heterocycles. The van der Waals surface area contributed by atoms with Crippen molar-refractivity contribution in [1.29, 1.82) is 0 Å². The summed E-state index contributed by atoms with van der Waals surface area (Å²) in [4.78, 5) is 27.7. The van der Waals surface area contributed by atoms with Gasteiger partial charge >= 0.3 is 0 Å². The lowest BCUT2D eigenvalue weighted by molar-refractivity contribution is -0.118. The summed E-state index contributed by atoms with van der Waals surface area (Å²) in [5.41, 5.74) is 5.43. The van der Waals surface area contributed by atoms with Crippen LogP contribution in [-0.2, 0) is 4.79 Å². The number of nitrogens with zero attached hydrogens (tertiary/aromatic N) is 1. The first-order valence-electron chi connectivity index (χ1n) is 8.33. The van der Waals surface area contributed by atoms with E-state index in [1.165, 1.54) is 18.3 Å². The summed E-state index contributed by atoms with van der Waals surface area (Å²) in [6.07, 6.45) is 2.15. The highest BCUT2D eigenvalue weighted by atomic mass is 35.5. The number of carbonyl (C=O) groups excluding carboxylic acids is 2. The minimum atomic E-state index is -0.682. The summed E-state index contributed by atoms with van der Waals surface area (Å²) < 4.78 is 15.2. The molecule has 0 spiro atoms. The van der Waals surface area contributed by atoms with Gasteiger partial charge in [0.15, 0.2) is 0 Å². The average molecular weight is 414 g/mol. The first-order chi connectivity index (χ1) is 12.3. The maximum atomic E-state index is 15.2. The molecule has 2 aromatic rings. The number of aromatic nitrogens is 1. The third kappa shape index (κ3) is 5.73. The van der Waals surface area contributed by atoms with Gasteiger partial charge in [-0.2, -0.15) is 0 Å². The van der Waals surface area contributed by atoms with Crippen molar-refractivity contribution in [2.45, 2.75) is 38.8 Å². The molecular weight excluding hydrogens is 392 g/mol. The Morgan fingerprint density at radius 2 is 2.00 bits per heavy atom. The van der Waals surface area contributed by atoms with Crippen molar-refractivity contribution in [3.8, 4) is 0 Å². The number of nitrogens with one attached hydrogen (secondary N) is 1. The van der Waals surface area contributed by atoms with Crippen LogP contribution in [0.25, 0.3) is 0 Å². The zero-order valence-electron chi connectivity index (χ0n) is 15.0. The number of ketones is 1. The molecule has 0 aliphatic carbocycles. The molecule has 1 amide bonds. The first-order valence-corrected chi connectivity index (χ1v) is 8.70. The molecule has 0 saturated heterocycles. The quantitative estimate of drug-likeness (QED) is 0.643. The Balaban J connectivity index is 0.00000364. The monoisotopic (exact) mass is 413 g/mol. The van der Waals surface area contributed by atoms with Crippen LogP contribution in [0.3, 0.4) is 0 Å². The number of halogens is 3. The second-order valence-electron chi connectivity index (χ2n) is 6.07. The Bertz CT molecular complexity index is 803. The number of pyridine rings is 1. The molecule has 0 aliphatic rings. The number of hydrogen-bond donors (Lipinski definition) is 2. The van der Waals surface area contributed by atoms with Gasteiger partial charge in [-0.25, -0.2) is 4.39 Å². The van der Waals surface area contributed by atoms with E-state index in [4.69, 9.17) is 17.3 Å². The van der Waals surface area contributed by atoms with Crippen molar-refractivity contribution in [1.82, 2.24) is 10.3 Å². The highest BCUT2D eigenvalue weighted by Gasteiger charge is 2.25. The number of nitrogens with two attached hydrogens (primary N) is 1. The molecule has 0 unspecified atom stereocenters. The Labute approximate surface area is 168 Å². The molecule has 1 aromatic carbocycles. The summed E-state index contributed by atoms with van der Waals surface area (Å²) in [6, 6.07) is 7.25.